The summed E-state index contributed by atoms with van der Waals surface area (Å²) < 4.78 is 28.1. The number of hydrogen-bond donors (Lipinski definition) is 2. The molecule has 4 heterocycles. The molecule has 0 aliphatic carbocycles. The summed E-state index contributed by atoms with van der Waals surface area (Å²) in [4.78, 5) is 27.4. The van der Waals surface area contributed by atoms with Crippen molar-refractivity contribution >= 4 is 11.6 Å². The van der Waals surface area contributed by atoms with Crippen LogP contribution in [0, 0.1) is 11.6 Å². The number of hydrogen-bond acceptors (Lipinski definition) is 6. The molecule has 3 N–H and O–H groups in total. The first kappa shape index (κ1) is 19.5. The third kappa shape index (κ3) is 3.58. The molecule has 5 aromatic rings. The van der Waals surface area contributed by atoms with Gasteiger partial charge < -0.3 is 10.7 Å². The molecule has 32 heavy (non-hydrogen) atoms. The number of halogens is 2. The molecule has 5 rings (SSSR count). The highest BCUT2D eigenvalue weighted by molar-refractivity contribution is 5.90. The molecule has 0 aliphatic rings. The van der Waals surface area contributed by atoms with Crippen molar-refractivity contribution in [2.45, 2.75) is 6.42 Å². The fraction of sp³-hybridized carbons (Fsp3) is 0.0455. The molecule has 0 radical (unpaired) electrons. The molecule has 0 aliphatic heterocycles. The number of nitrogens with one attached hydrogen (secondary N) is 1. The molecule has 0 saturated carbocycles. The molecule has 4 aromatic heterocycles. The number of fused-ring (bicyclic) bond motifs is 1. The summed E-state index contributed by atoms with van der Waals surface area (Å²) in [7, 11) is 0. The number of H-pyrrole nitrogens is 1. The lowest BCUT2D eigenvalue weighted by Crippen LogP contribution is -2.07. The Kier molecular flexibility index (Phi) is 4.66. The minimum absolute atomic E-state index is 0.0818. The average Bonchev–Trinajstić information content (AvgIpc) is 3.21. The first-order valence-corrected chi connectivity index (χ1v) is 9.58. The third-order valence-electron chi connectivity index (χ3n) is 4.87. The fourth-order valence-electron chi connectivity index (χ4n) is 3.40. The summed E-state index contributed by atoms with van der Waals surface area (Å²) in [5.74, 6) is -0.336. The largest absolute Gasteiger partial charge is 0.368 e. The Hall–Kier alpha value is -4.47. The van der Waals surface area contributed by atoms with Crippen LogP contribution in [0.2, 0.25) is 0 Å². The van der Waals surface area contributed by atoms with Gasteiger partial charge in [0.1, 0.15) is 11.6 Å². The van der Waals surface area contributed by atoms with E-state index >= 15 is 0 Å². The maximum Gasteiger partial charge on any atom is 0.247 e. The van der Waals surface area contributed by atoms with E-state index in [1.165, 1.54) is 28.8 Å². The average molecular weight is 431 g/mol. The maximum absolute atomic E-state index is 13.5. The van der Waals surface area contributed by atoms with Crippen molar-refractivity contribution in [1.29, 1.82) is 0 Å². The van der Waals surface area contributed by atoms with Crippen LogP contribution in [0.1, 0.15) is 11.5 Å². The monoisotopic (exact) mass is 431 g/mol. The summed E-state index contributed by atoms with van der Waals surface area (Å²) in [5, 5.41) is 4.43. The van der Waals surface area contributed by atoms with Gasteiger partial charge in [-0.05, 0) is 42.5 Å². The second-order valence-electron chi connectivity index (χ2n) is 7.05. The Labute approximate surface area is 179 Å². The molecule has 0 spiro atoms. The van der Waals surface area contributed by atoms with E-state index in [2.05, 4.69) is 25.0 Å². The number of benzene rings is 1. The van der Waals surface area contributed by atoms with Gasteiger partial charge >= 0.3 is 0 Å². The van der Waals surface area contributed by atoms with Crippen LogP contribution in [0.3, 0.4) is 0 Å². The molecular weight excluding hydrogens is 416 g/mol. The quantitative estimate of drug-likeness (QED) is 0.452. The molecule has 10 heteroatoms. The molecule has 158 valence electrons. The Morgan fingerprint density at radius 1 is 0.938 bits per heavy atom. The first-order chi connectivity index (χ1) is 15.5. The predicted octanol–water partition coefficient (Wildman–Crippen LogP) is 2.99. The molecule has 0 amide bonds. The van der Waals surface area contributed by atoms with E-state index in [1.807, 2.05) is 0 Å². The molecular formula is C22H15F2N7O. The van der Waals surface area contributed by atoms with E-state index in [0.717, 1.165) is 6.20 Å². The molecule has 1 aromatic carbocycles. The Morgan fingerprint density at radius 2 is 1.69 bits per heavy atom. The van der Waals surface area contributed by atoms with Crippen LogP contribution in [0.4, 0.5) is 14.7 Å². The van der Waals surface area contributed by atoms with Gasteiger partial charge in [0.2, 0.25) is 11.5 Å². The number of anilines is 1. The normalized spacial score (nSPS) is 11.2. The molecule has 0 fully saturated rings. The van der Waals surface area contributed by atoms with Gasteiger partial charge in [-0.3, -0.25) is 9.78 Å². The zero-order chi connectivity index (χ0) is 22.2. The van der Waals surface area contributed by atoms with Gasteiger partial charge in [0.05, 0.1) is 23.9 Å². The molecule has 8 nitrogen and oxygen atoms in total. The van der Waals surface area contributed by atoms with Gasteiger partial charge in [-0.25, -0.2) is 18.7 Å². The van der Waals surface area contributed by atoms with Crippen LogP contribution in [-0.4, -0.2) is 29.5 Å². The van der Waals surface area contributed by atoms with Crippen LogP contribution in [0.25, 0.3) is 28.0 Å². The van der Waals surface area contributed by atoms with Gasteiger partial charge in [-0.15, -0.1) is 5.10 Å². The summed E-state index contributed by atoms with van der Waals surface area (Å²) in [6.07, 6.45) is 2.91. The standard InChI is InChI=1S/C22H15F2N7O/c23-14-4-1-12(2-5-14)20-19(13-3-8-18(32)27-10-13)21-28-17(30-31(21)22(25)29-20)9-16-7-6-15(24)11-26-16/h1-8,10-11H,9H2,(H2,25,29)(H,27,32). The highest BCUT2D eigenvalue weighted by Crippen LogP contribution is 2.34. The van der Waals surface area contributed by atoms with Crippen molar-refractivity contribution in [1.82, 2.24) is 29.5 Å². The van der Waals surface area contributed by atoms with E-state index in [1.54, 1.807) is 30.5 Å². The number of nitrogens with two attached hydrogens (primary N) is 1. The highest BCUT2D eigenvalue weighted by Gasteiger charge is 2.20. The zero-order valence-electron chi connectivity index (χ0n) is 16.5. The maximum atomic E-state index is 13.5. The highest BCUT2D eigenvalue weighted by atomic mass is 19.1. The molecule has 0 bridgehead atoms. The first-order valence-electron chi connectivity index (χ1n) is 9.58. The lowest BCUT2D eigenvalue weighted by Gasteiger charge is -2.11. The second kappa shape index (κ2) is 7.65. The van der Waals surface area contributed by atoms with Crippen molar-refractivity contribution in [3.63, 3.8) is 0 Å². The minimum Gasteiger partial charge on any atom is -0.368 e. The number of aromatic nitrogens is 6. The number of rotatable bonds is 4. The predicted molar refractivity (Wildman–Crippen MR) is 114 cm³/mol. The molecule has 0 unspecified atom stereocenters. The fourth-order valence-corrected chi connectivity index (χ4v) is 3.40. The van der Waals surface area contributed by atoms with Crippen molar-refractivity contribution in [3.05, 3.63) is 94.4 Å². The number of nitrogens with zero attached hydrogens (tertiary/aromatic N) is 5. The Morgan fingerprint density at radius 3 is 2.38 bits per heavy atom. The summed E-state index contributed by atoms with van der Waals surface area (Å²) in [5.41, 5.74) is 9.16. The van der Waals surface area contributed by atoms with Crippen LogP contribution in [-0.2, 0) is 6.42 Å². The van der Waals surface area contributed by atoms with E-state index in [-0.39, 0.29) is 23.7 Å². The van der Waals surface area contributed by atoms with E-state index in [9.17, 15) is 13.6 Å². The third-order valence-corrected chi connectivity index (χ3v) is 4.87. The number of nitrogen functional groups attached to an aromatic ring is 1. The van der Waals surface area contributed by atoms with Crippen LogP contribution < -0.4 is 11.3 Å². The summed E-state index contributed by atoms with van der Waals surface area (Å²) in [6.45, 7) is 0. The van der Waals surface area contributed by atoms with Gasteiger partial charge in [-0.1, -0.05) is 0 Å². The van der Waals surface area contributed by atoms with Crippen molar-refractivity contribution in [3.8, 4) is 22.4 Å². The number of aromatic amines is 1. The van der Waals surface area contributed by atoms with Crippen LogP contribution >= 0.6 is 0 Å². The smallest absolute Gasteiger partial charge is 0.247 e. The van der Waals surface area contributed by atoms with Crippen LogP contribution in [0.5, 0.6) is 0 Å². The number of pyridine rings is 2. The van der Waals surface area contributed by atoms with Crippen molar-refractivity contribution in [2.24, 2.45) is 0 Å². The summed E-state index contributed by atoms with van der Waals surface area (Å²) in [6, 6.07) is 11.7. The van der Waals surface area contributed by atoms with Crippen molar-refractivity contribution < 1.29 is 8.78 Å². The second-order valence-corrected chi connectivity index (χ2v) is 7.05. The lowest BCUT2D eigenvalue weighted by atomic mass is 10.0. The topological polar surface area (TPSA) is 115 Å². The van der Waals surface area contributed by atoms with E-state index in [0.29, 0.717) is 39.5 Å². The van der Waals surface area contributed by atoms with E-state index in [4.69, 9.17) is 5.73 Å². The zero-order valence-corrected chi connectivity index (χ0v) is 16.5. The SMILES string of the molecule is Nc1nc(-c2ccc(F)cc2)c(-c2ccc(=O)[nH]c2)c2nc(Cc3ccc(F)cn3)nn12. The lowest BCUT2D eigenvalue weighted by molar-refractivity contribution is 0.619. The van der Waals surface area contributed by atoms with Crippen molar-refractivity contribution in [2.75, 3.05) is 5.73 Å². The Balaban J connectivity index is 1.73. The molecule has 0 saturated heterocycles. The summed E-state index contributed by atoms with van der Waals surface area (Å²) >= 11 is 0. The van der Waals surface area contributed by atoms with Gasteiger partial charge in [0.15, 0.2) is 11.5 Å². The Bertz CT molecular complexity index is 1470. The minimum atomic E-state index is -0.436. The van der Waals surface area contributed by atoms with Gasteiger partial charge in [-0.2, -0.15) is 4.52 Å². The van der Waals surface area contributed by atoms with Gasteiger partial charge in [0.25, 0.3) is 0 Å². The molecule has 0 atom stereocenters. The van der Waals surface area contributed by atoms with E-state index < -0.39 is 5.82 Å². The van der Waals surface area contributed by atoms with Crippen LogP contribution in [0.15, 0.2) is 65.7 Å². The van der Waals surface area contributed by atoms with Gasteiger partial charge in [0, 0.05) is 29.1 Å².